The Morgan fingerprint density at radius 1 is 1.40 bits per heavy atom. The summed E-state index contributed by atoms with van der Waals surface area (Å²) in [5.41, 5.74) is 8.65. The number of anilines is 2. The lowest BCUT2D eigenvalue weighted by Crippen LogP contribution is -2.33. The van der Waals surface area contributed by atoms with Crippen LogP contribution in [-0.2, 0) is 4.79 Å². The quantitative estimate of drug-likeness (QED) is 0.559. The molecule has 0 fully saturated rings. The van der Waals surface area contributed by atoms with Gasteiger partial charge in [-0.15, -0.1) is 0 Å². The Morgan fingerprint density at radius 3 is 2.67 bits per heavy atom. The van der Waals surface area contributed by atoms with Crippen molar-refractivity contribution in [3.8, 4) is 0 Å². The minimum atomic E-state index is -0.0226. The van der Waals surface area contributed by atoms with Crippen molar-refractivity contribution in [2.45, 2.75) is 19.9 Å². The Labute approximate surface area is 89.2 Å². The second-order valence-corrected chi connectivity index (χ2v) is 4.02. The van der Waals surface area contributed by atoms with Gasteiger partial charge in [0.2, 0.25) is 0 Å². The number of hydrogen-bond donors (Lipinski definition) is 1. The number of nitrogens with two attached hydrogens (primary N) is 1. The molecule has 0 atom stereocenters. The monoisotopic (exact) mass is 202 g/mol. The fourth-order valence-electron chi connectivity index (χ4n) is 1.89. The fraction of sp³-hybridized carbons (Fsp3) is 0.250. The molecule has 1 aliphatic heterocycles. The van der Waals surface area contributed by atoms with Crippen molar-refractivity contribution in [3.05, 3.63) is 30.3 Å². The molecule has 78 valence electrons. The van der Waals surface area contributed by atoms with Crippen LogP contribution in [0.15, 0.2) is 24.8 Å². The van der Waals surface area contributed by atoms with Gasteiger partial charge >= 0.3 is 0 Å². The minimum absolute atomic E-state index is 0.0226. The lowest BCUT2D eigenvalue weighted by atomic mass is 10.1. The van der Waals surface area contributed by atoms with E-state index in [0.717, 1.165) is 11.3 Å². The number of carbonyl (C=O) groups excluding carboxylic acids is 1. The molecule has 2 N–H and O–H groups in total. The number of amides is 1. The SMILES string of the molecule is C=C1C(=O)N(C(C)C)c2ccc(N)cc21. The van der Waals surface area contributed by atoms with Gasteiger partial charge in [0.25, 0.3) is 5.91 Å². The number of nitrogen functional groups attached to an aromatic ring is 1. The maximum atomic E-state index is 11.9. The minimum Gasteiger partial charge on any atom is -0.399 e. The summed E-state index contributed by atoms with van der Waals surface area (Å²) in [6, 6.07) is 5.62. The summed E-state index contributed by atoms with van der Waals surface area (Å²) in [4.78, 5) is 13.6. The zero-order valence-corrected chi connectivity index (χ0v) is 8.95. The number of nitrogens with zero attached hydrogens (tertiary/aromatic N) is 1. The van der Waals surface area contributed by atoms with Gasteiger partial charge in [0.15, 0.2) is 0 Å². The number of fused-ring (bicyclic) bond motifs is 1. The predicted molar refractivity (Wildman–Crippen MR) is 62.5 cm³/mol. The molecule has 0 saturated heterocycles. The van der Waals surface area contributed by atoms with E-state index < -0.39 is 0 Å². The Bertz CT molecular complexity index is 449. The van der Waals surface area contributed by atoms with E-state index in [1.807, 2.05) is 19.9 Å². The molecule has 3 heteroatoms. The van der Waals surface area contributed by atoms with E-state index in [-0.39, 0.29) is 11.9 Å². The van der Waals surface area contributed by atoms with Crippen LogP contribution in [0.25, 0.3) is 5.57 Å². The third-order valence-corrected chi connectivity index (χ3v) is 2.60. The molecule has 0 bridgehead atoms. The smallest absolute Gasteiger partial charge is 0.258 e. The first kappa shape index (κ1) is 9.77. The van der Waals surface area contributed by atoms with Gasteiger partial charge < -0.3 is 10.6 Å². The van der Waals surface area contributed by atoms with Crippen molar-refractivity contribution in [2.75, 3.05) is 10.6 Å². The third kappa shape index (κ3) is 1.31. The van der Waals surface area contributed by atoms with Crippen molar-refractivity contribution < 1.29 is 4.79 Å². The summed E-state index contributed by atoms with van der Waals surface area (Å²) in [6.07, 6.45) is 0. The molecule has 0 saturated carbocycles. The van der Waals surface area contributed by atoms with Gasteiger partial charge in [-0.3, -0.25) is 4.79 Å². The molecule has 1 heterocycles. The molecule has 1 aromatic carbocycles. The summed E-state index contributed by atoms with van der Waals surface area (Å²) in [7, 11) is 0. The van der Waals surface area contributed by atoms with Crippen molar-refractivity contribution in [2.24, 2.45) is 0 Å². The van der Waals surface area contributed by atoms with Crippen LogP contribution in [0.4, 0.5) is 11.4 Å². The molecule has 1 aliphatic rings. The standard InChI is InChI=1S/C12H14N2O/c1-7(2)14-11-5-4-9(13)6-10(11)8(3)12(14)15/h4-7H,3,13H2,1-2H3. The second kappa shape index (κ2) is 3.12. The van der Waals surface area contributed by atoms with Gasteiger partial charge in [-0.1, -0.05) is 6.58 Å². The van der Waals surface area contributed by atoms with Gasteiger partial charge in [0.05, 0.1) is 5.69 Å². The molecule has 0 unspecified atom stereocenters. The molecule has 0 spiro atoms. The van der Waals surface area contributed by atoms with E-state index in [0.29, 0.717) is 11.3 Å². The van der Waals surface area contributed by atoms with E-state index in [1.54, 1.807) is 17.0 Å². The molecular weight excluding hydrogens is 188 g/mol. The first-order valence-corrected chi connectivity index (χ1v) is 4.94. The van der Waals surface area contributed by atoms with Crippen LogP contribution in [0.2, 0.25) is 0 Å². The lowest BCUT2D eigenvalue weighted by molar-refractivity contribution is -0.113. The van der Waals surface area contributed by atoms with E-state index in [9.17, 15) is 4.79 Å². The number of carbonyl (C=O) groups is 1. The first-order chi connectivity index (χ1) is 7.02. The largest absolute Gasteiger partial charge is 0.399 e. The second-order valence-electron chi connectivity index (χ2n) is 4.02. The highest BCUT2D eigenvalue weighted by Crippen LogP contribution is 2.37. The highest BCUT2D eigenvalue weighted by Gasteiger charge is 2.32. The summed E-state index contributed by atoms with van der Waals surface area (Å²) < 4.78 is 0. The van der Waals surface area contributed by atoms with Crippen LogP contribution in [0.5, 0.6) is 0 Å². The third-order valence-electron chi connectivity index (χ3n) is 2.60. The molecule has 3 nitrogen and oxygen atoms in total. The maximum absolute atomic E-state index is 11.9. The summed E-state index contributed by atoms with van der Waals surface area (Å²) in [5.74, 6) is -0.0226. The van der Waals surface area contributed by atoms with E-state index in [2.05, 4.69) is 6.58 Å². The summed E-state index contributed by atoms with van der Waals surface area (Å²) >= 11 is 0. The van der Waals surface area contributed by atoms with Crippen molar-refractivity contribution in [1.82, 2.24) is 0 Å². The van der Waals surface area contributed by atoms with E-state index in [4.69, 9.17) is 5.73 Å². The normalized spacial score (nSPS) is 15.0. The highest BCUT2D eigenvalue weighted by molar-refractivity contribution is 6.32. The average Bonchev–Trinajstić information content (AvgIpc) is 2.41. The Kier molecular flexibility index (Phi) is 2.03. The van der Waals surface area contributed by atoms with Gasteiger partial charge in [0.1, 0.15) is 0 Å². The molecular formula is C12H14N2O. The summed E-state index contributed by atoms with van der Waals surface area (Å²) in [6.45, 7) is 7.77. The number of rotatable bonds is 1. The topological polar surface area (TPSA) is 46.3 Å². The molecule has 0 radical (unpaired) electrons. The average molecular weight is 202 g/mol. The molecule has 2 rings (SSSR count). The maximum Gasteiger partial charge on any atom is 0.258 e. The van der Waals surface area contributed by atoms with E-state index in [1.165, 1.54) is 0 Å². The van der Waals surface area contributed by atoms with Crippen LogP contribution in [0, 0.1) is 0 Å². The zero-order valence-electron chi connectivity index (χ0n) is 8.95. The van der Waals surface area contributed by atoms with Gasteiger partial charge in [-0.05, 0) is 32.0 Å². The van der Waals surface area contributed by atoms with Crippen LogP contribution < -0.4 is 10.6 Å². The molecule has 1 aromatic rings. The molecule has 1 amide bonds. The number of hydrogen-bond acceptors (Lipinski definition) is 2. The molecule has 15 heavy (non-hydrogen) atoms. The predicted octanol–water partition coefficient (Wildman–Crippen LogP) is 2.04. The van der Waals surface area contributed by atoms with Crippen molar-refractivity contribution in [3.63, 3.8) is 0 Å². The van der Waals surface area contributed by atoms with Gasteiger partial charge in [-0.25, -0.2) is 0 Å². The highest BCUT2D eigenvalue weighted by atomic mass is 16.2. The lowest BCUT2D eigenvalue weighted by Gasteiger charge is -2.21. The van der Waals surface area contributed by atoms with Gasteiger partial charge in [0, 0.05) is 22.9 Å². The fourth-order valence-corrected chi connectivity index (χ4v) is 1.89. The Hall–Kier alpha value is -1.77. The number of benzene rings is 1. The first-order valence-electron chi connectivity index (χ1n) is 4.94. The van der Waals surface area contributed by atoms with Crippen LogP contribution in [0.1, 0.15) is 19.4 Å². The van der Waals surface area contributed by atoms with Crippen LogP contribution >= 0.6 is 0 Å². The Balaban J connectivity index is 2.60. The van der Waals surface area contributed by atoms with Crippen molar-refractivity contribution >= 4 is 22.9 Å². The van der Waals surface area contributed by atoms with Gasteiger partial charge in [-0.2, -0.15) is 0 Å². The van der Waals surface area contributed by atoms with E-state index >= 15 is 0 Å². The Morgan fingerprint density at radius 2 is 2.07 bits per heavy atom. The molecule has 0 aliphatic carbocycles. The van der Waals surface area contributed by atoms with Crippen molar-refractivity contribution in [1.29, 1.82) is 0 Å². The van der Waals surface area contributed by atoms with Crippen LogP contribution in [-0.4, -0.2) is 11.9 Å². The summed E-state index contributed by atoms with van der Waals surface area (Å²) in [5, 5.41) is 0. The van der Waals surface area contributed by atoms with Crippen LogP contribution in [0.3, 0.4) is 0 Å². The zero-order chi connectivity index (χ0) is 11.2. The molecule has 0 aromatic heterocycles.